The van der Waals surface area contributed by atoms with Crippen LogP contribution in [-0.2, 0) is 0 Å². The Morgan fingerprint density at radius 1 is 1.03 bits per heavy atom. The fourth-order valence-electron chi connectivity index (χ4n) is 2.88. The van der Waals surface area contributed by atoms with Gasteiger partial charge >= 0.3 is 0 Å². The van der Waals surface area contributed by atoms with E-state index >= 15 is 0 Å². The summed E-state index contributed by atoms with van der Waals surface area (Å²) in [6.45, 7) is 0. The van der Waals surface area contributed by atoms with Crippen LogP contribution in [0.5, 0.6) is 17.2 Å². The standard InChI is InChI=1S/C20H18N6O3S/c1-28-16-8-12(9-17(29-2)18(16)27)11-21-26-19(24-25-20(26)30)15-10-14(22-23-15)13-6-4-3-5-7-13/h3-11,27H,1-2H3,(H,22,23)(H,25,30)/b21-11+. The van der Waals surface area contributed by atoms with Gasteiger partial charge in [-0.1, -0.05) is 30.3 Å². The molecule has 0 aliphatic rings. The number of hydrogen-bond acceptors (Lipinski definition) is 7. The maximum absolute atomic E-state index is 10.1. The molecule has 0 bridgehead atoms. The van der Waals surface area contributed by atoms with Gasteiger partial charge in [0.2, 0.25) is 16.3 Å². The van der Waals surface area contributed by atoms with Gasteiger partial charge in [-0.25, -0.2) is 5.10 Å². The molecule has 0 spiro atoms. The summed E-state index contributed by atoms with van der Waals surface area (Å²) in [5, 5.41) is 28.8. The molecule has 0 saturated heterocycles. The van der Waals surface area contributed by atoms with Gasteiger partial charge in [-0.2, -0.15) is 20.0 Å². The van der Waals surface area contributed by atoms with E-state index in [1.54, 1.807) is 18.3 Å². The van der Waals surface area contributed by atoms with Gasteiger partial charge in [0.1, 0.15) is 5.69 Å². The molecule has 0 atom stereocenters. The van der Waals surface area contributed by atoms with Gasteiger partial charge < -0.3 is 14.6 Å². The number of ether oxygens (including phenoxy) is 2. The molecule has 4 aromatic rings. The molecule has 0 fully saturated rings. The van der Waals surface area contributed by atoms with E-state index in [0.29, 0.717) is 21.9 Å². The van der Waals surface area contributed by atoms with E-state index in [-0.39, 0.29) is 17.2 Å². The third-order valence-electron chi connectivity index (χ3n) is 4.36. The molecule has 0 aliphatic carbocycles. The van der Waals surface area contributed by atoms with Crippen molar-refractivity contribution in [3.63, 3.8) is 0 Å². The lowest BCUT2D eigenvalue weighted by Crippen LogP contribution is -1.96. The van der Waals surface area contributed by atoms with E-state index < -0.39 is 0 Å². The largest absolute Gasteiger partial charge is 0.502 e. The van der Waals surface area contributed by atoms with Gasteiger partial charge in [-0.15, -0.1) is 0 Å². The summed E-state index contributed by atoms with van der Waals surface area (Å²) in [6, 6.07) is 14.9. The van der Waals surface area contributed by atoms with Crippen molar-refractivity contribution in [3.05, 3.63) is 58.9 Å². The van der Waals surface area contributed by atoms with Crippen LogP contribution in [0.25, 0.3) is 22.8 Å². The lowest BCUT2D eigenvalue weighted by molar-refractivity contribution is 0.340. The van der Waals surface area contributed by atoms with Crippen LogP contribution in [-0.4, -0.2) is 50.6 Å². The Bertz CT molecular complexity index is 1230. The second kappa shape index (κ2) is 8.21. The molecule has 0 saturated carbocycles. The third-order valence-corrected chi connectivity index (χ3v) is 4.63. The van der Waals surface area contributed by atoms with Gasteiger partial charge in [0.25, 0.3) is 0 Å². The molecule has 0 unspecified atom stereocenters. The van der Waals surface area contributed by atoms with Crippen LogP contribution in [0.1, 0.15) is 5.56 Å². The minimum absolute atomic E-state index is 0.0799. The number of aromatic amines is 2. The van der Waals surface area contributed by atoms with Crippen molar-refractivity contribution in [2.45, 2.75) is 0 Å². The third kappa shape index (κ3) is 3.67. The lowest BCUT2D eigenvalue weighted by Gasteiger charge is -2.09. The fraction of sp³-hybridized carbons (Fsp3) is 0.100. The minimum atomic E-state index is -0.0799. The monoisotopic (exact) mass is 422 g/mol. The molecule has 30 heavy (non-hydrogen) atoms. The van der Waals surface area contributed by atoms with Crippen LogP contribution in [0.15, 0.2) is 53.6 Å². The van der Waals surface area contributed by atoms with Crippen molar-refractivity contribution in [2.75, 3.05) is 14.2 Å². The molecule has 3 N–H and O–H groups in total. The highest BCUT2D eigenvalue weighted by Gasteiger charge is 2.13. The van der Waals surface area contributed by atoms with Crippen LogP contribution in [0.2, 0.25) is 0 Å². The SMILES string of the molecule is COc1cc(/C=N/n2c(-c3cc(-c4ccccc4)n[nH]3)n[nH]c2=S)cc(OC)c1O. The molecular formula is C20H18N6O3S. The van der Waals surface area contributed by atoms with Crippen LogP contribution in [0.4, 0.5) is 0 Å². The zero-order chi connectivity index (χ0) is 21.1. The van der Waals surface area contributed by atoms with E-state index in [0.717, 1.165) is 11.3 Å². The molecule has 2 aromatic carbocycles. The van der Waals surface area contributed by atoms with Crippen LogP contribution in [0.3, 0.4) is 0 Å². The van der Waals surface area contributed by atoms with Gasteiger partial charge in [0, 0.05) is 11.1 Å². The summed E-state index contributed by atoms with van der Waals surface area (Å²) < 4.78 is 12.1. The molecule has 2 aromatic heterocycles. The van der Waals surface area contributed by atoms with E-state index in [1.807, 2.05) is 36.4 Å². The second-order valence-corrected chi connectivity index (χ2v) is 6.60. The zero-order valence-corrected chi connectivity index (χ0v) is 17.0. The Balaban J connectivity index is 1.69. The summed E-state index contributed by atoms with van der Waals surface area (Å²) >= 11 is 5.31. The predicted molar refractivity (Wildman–Crippen MR) is 115 cm³/mol. The van der Waals surface area contributed by atoms with Crippen molar-refractivity contribution in [3.8, 4) is 40.0 Å². The maximum atomic E-state index is 10.1. The Kier molecular flexibility index (Phi) is 5.31. The van der Waals surface area contributed by atoms with Gasteiger partial charge in [-0.05, 0) is 30.4 Å². The normalized spacial score (nSPS) is 11.1. The molecule has 152 valence electrons. The quantitative estimate of drug-likeness (QED) is 0.323. The first-order chi connectivity index (χ1) is 14.6. The predicted octanol–water partition coefficient (Wildman–Crippen LogP) is 3.60. The van der Waals surface area contributed by atoms with Crippen LogP contribution < -0.4 is 9.47 Å². The smallest absolute Gasteiger partial charge is 0.216 e. The number of phenolic OH excluding ortho intramolecular Hbond substituents is 1. The topological polar surface area (TPSA) is 113 Å². The number of rotatable bonds is 6. The van der Waals surface area contributed by atoms with Crippen molar-refractivity contribution in [1.82, 2.24) is 25.1 Å². The summed E-state index contributed by atoms with van der Waals surface area (Å²) in [5.41, 5.74) is 3.06. The van der Waals surface area contributed by atoms with E-state index in [9.17, 15) is 5.11 Å². The van der Waals surface area contributed by atoms with E-state index in [2.05, 4.69) is 25.5 Å². The van der Waals surface area contributed by atoms with Crippen molar-refractivity contribution in [1.29, 1.82) is 0 Å². The highest BCUT2D eigenvalue weighted by atomic mass is 32.1. The van der Waals surface area contributed by atoms with Gasteiger partial charge in [0.15, 0.2) is 11.5 Å². The van der Waals surface area contributed by atoms with Crippen molar-refractivity contribution < 1.29 is 14.6 Å². The molecule has 4 rings (SSSR count). The van der Waals surface area contributed by atoms with Gasteiger partial charge in [0.05, 0.1) is 26.1 Å². The number of methoxy groups -OCH3 is 2. The Morgan fingerprint density at radius 2 is 1.73 bits per heavy atom. The average molecular weight is 422 g/mol. The average Bonchev–Trinajstić information content (AvgIpc) is 3.40. The second-order valence-electron chi connectivity index (χ2n) is 6.22. The summed E-state index contributed by atoms with van der Waals surface area (Å²) in [5.74, 6) is 0.938. The molecular weight excluding hydrogens is 404 g/mol. The molecule has 9 nitrogen and oxygen atoms in total. The summed E-state index contributed by atoms with van der Waals surface area (Å²) in [6.07, 6.45) is 1.56. The molecule has 10 heteroatoms. The molecule has 0 radical (unpaired) electrons. The van der Waals surface area contributed by atoms with E-state index in [4.69, 9.17) is 21.7 Å². The number of hydrogen-bond donors (Lipinski definition) is 3. The Hall–Kier alpha value is -3.92. The number of benzene rings is 2. The number of nitrogens with one attached hydrogen (secondary N) is 2. The lowest BCUT2D eigenvalue weighted by atomic mass is 10.1. The molecule has 0 amide bonds. The van der Waals surface area contributed by atoms with E-state index in [1.165, 1.54) is 18.9 Å². The van der Waals surface area contributed by atoms with Gasteiger partial charge in [-0.3, -0.25) is 5.10 Å². The Labute approximate surface area is 176 Å². The minimum Gasteiger partial charge on any atom is -0.502 e. The first-order valence-corrected chi connectivity index (χ1v) is 9.29. The first-order valence-electron chi connectivity index (χ1n) is 8.88. The number of H-pyrrole nitrogens is 2. The fourth-order valence-corrected chi connectivity index (χ4v) is 3.06. The summed E-state index contributed by atoms with van der Waals surface area (Å²) in [4.78, 5) is 0. The number of aromatic hydroxyl groups is 1. The highest BCUT2D eigenvalue weighted by molar-refractivity contribution is 7.71. The Morgan fingerprint density at radius 3 is 2.40 bits per heavy atom. The van der Waals surface area contributed by atoms with Crippen molar-refractivity contribution >= 4 is 18.4 Å². The first kappa shape index (κ1) is 19.4. The van der Waals surface area contributed by atoms with Crippen LogP contribution in [0, 0.1) is 4.77 Å². The number of aromatic nitrogens is 5. The molecule has 2 heterocycles. The van der Waals surface area contributed by atoms with Crippen molar-refractivity contribution in [2.24, 2.45) is 5.10 Å². The maximum Gasteiger partial charge on any atom is 0.216 e. The number of phenols is 1. The summed E-state index contributed by atoms with van der Waals surface area (Å²) in [7, 11) is 2.92. The number of nitrogens with zero attached hydrogens (tertiary/aromatic N) is 4. The highest BCUT2D eigenvalue weighted by Crippen LogP contribution is 2.36. The zero-order valence-electron chi connectivity index (χ0n) is 16.2. The van der Waals surface area contributed by atoms with Crippen LogP contribution >= 0.6 is 12.2 Å². The molecule has 0 aliphatic heterocycles.